The average Bonchev–Trinajstić information content (AvgIpc) is 3.39. The van der Waals surface area contributed by atoms with Crippen molar-refractivity contribution in [2.24, 2.45) is 5.92 Å². The van der Waals surface area contributed by atoms with E-state index in [2.05, 4.69) is 5.32 Å². The standard InChI is InChI=1S/C21H27N3O4/c1-23(2)19-9-8-17(22-21(26)15-6-7-15)11-16(19)12-24(20(25)14-27-3)13-18-5-4-10-28-18/h4-5,8-11,15H,6-7,12-14H2,1-3H3,(H,22,26). The number of hydrogen-bond acceptors (Lipinski definition) is 5. The second kappa shape index (κ2) is 8.93. The maximum atomic E-state index is 12.6. The third-order valence-electron chi connectivity index (χ3n) is 4.69. The lowest BCUT2D eigenvalue weighted by Crippen LogP contribution is -2.33. The minimum atomic E-state index is -0.129. The predicted molar refractivity (Wildman–Crippen MR) is 107 cm³/mol. The summed E-state index contributed by atoms with van der Waals surface area (Å²) in [5.41, 5.74) is 2.67. The molecule has 150 valence electrons. The molecule has 0 radical (unpaired) electrons. The third-order valence-corrected chi connectivity index (χ3v) is 4.69. The molecule has 0 spiro atoms. The van der Waals surface area contributed by atoms with Crippen molar-refractivity contribution >= 4 is 23.2 Å². The second-order valence-corrected chi connectivity index (χ2v) is 7.26. The summed E-state index contributed by atoms with van der Waals surface area (Å²) in [7, 11) is 5.41. The summed E-state index contributed by atoms with van der Waals surface area (Å²) < 4.78 is 10.5. The van der Waals surface area contributed by atoms with Gasteiger partial charge in [-0.25, -0.2) is 0 Å². The van der Waals surface area contributed by atoms with Crippen LogP contribution in [0.1, 0.15) is 24.2 Å². The average molecular weight is 385 g/mol. The molecule has 1 aromatic carbocycles. The zero-order valence-electron chi connectivity index (χ0n) is 16.6. The van der Waals surface area contributed by atoms with E-state index in [9.17, 15) is 9.59 Å². The van der Waals surface area contributed by atoms with Crippen molar-refractivity contribution in [3.63, 3.8) is 0 Å². The van der Waals surface area contributed by atoms with Gasteiger partial charge in [-0.15, -0.1) is 0 Å². The molecule has 1 aliphatic carbocycles. The quantitative estimate of drug-likeness (QED) is 0.718. The maximum Gasteiger partial charge on any atom is 0.249 e. The van der Waals surface area contributed by atoms with E-state index in [0.717, 1.165) is 29.8 Å². The Morgan fingerprint density at radius 1 is 1.21 bits per heavy atom. The van der Waals surface area contributed by atoms with Gasteiger partial charge < -0.3 is 24.3 Å². The highest BCUT2D eigenvalue weighted by atomic mass is 16.5. The van der Waals surface area contributed by atoms with Gasteiger partial charge in [0.2, 0.25) is 11.8 Å². The first-order chi connectivity index (χ1) is 13.5. The maximum absolute atomic E-state index is 12.6. The van der Waals surface area contributed by atoms with Crippen LogP contribution < -0.4 is 10.2 Å². The molecule has 0 atom stereocenters. The first-order valence-corrected chi connectivity index (χ1v) is 9.38. The molecule has 1 aliphatic rings. The van der Waals surface area contributed by atoms with E-state index in [1.54, 1.807) is 17.2 Å². The zero-order chi connectivity index (χ0) is 20.1. The molecule has 0 unspecified atom stereocenters. The second-order valence-electron chi connectivity index (χ2n) is 7.26. The Morgan fingerprint density at radius 3 is 2.61 bits per heavy atom. The van der Waals surface area contributed by atoms with Crippen LogP contribution >= 0.6 is 0 Å². The van der Waals surface area contributed by atoms with Crippen molar-refractivity contribution in [1.29, 1.82) is 0 Å². The number of methoxy groups -OCH3 is 1. The molecular formula is C21H27N3O4. The normalized spacial score (nSPS) is 13.2. The topological polar surface area (TPSA) is 75.0 Å². The summed E-state index contributed by atoms with van der Waals surface area (Å²) in [5.74, 6) is 0.771. The largest absolute Gasteiger partial charge is 0.467 e. The van der Waals surface area contributed by atoms with Crippen molar-refractivity contribution < 1.29 is 18.7 Å². The van der Waals surface area contributed by atoms with Crippen LogP contribution in [0.3, 0.4) is 0 Å². The van der Waals surface area contributed by atoms with Gasteiger partial charge in [0, 0.05) is 45.0 Å². The number of benzene rings is 1. The van der Waals surface area contributed by atoms with Gasteiger partial charge in [-0.05, 0) is 48.7 Å². The summed E-state index contributed by atoms with van der Waals surface area (Å²) in [5, 5.41) is 2.98. The van der Waals surface area contributed by atoms with E-state index in [1.807, 2.05) is 43.3 Å². The summed E-state index contributed by atoms with van der Waals surface area (Å²) >= 11 is 0. The minimum absolute atomic E-state index is 0.00386. The Morgan fingerprint density at radius 2 is 2.00 bits per heavy atom. The molecule has 1 aromatic heterocycles. The number of amides is 2. The number of nitrogens with one attached hydrogen (secondary N) is 1. The Kier molecular flexibility index (Phi) is 6.36. The highest BCUT2D eigenvalue weighted by Gasteiger charge is 2.29. The molecule has 7 heteroatoms. The van der Waals surface area contributed by atoms with Crippen LogP contribution in [0.25, 0.3) is 0 Å². The fraction of sp³-hybridized carbons (Fsp3) is 0.429. The number of rotatable bonds is 9. The first-order valence-electron chi connectivity index (χ1n) is 9.38. The monoisotopic (exact) mass is 385 g/mol. The van der Waals surface area contributed by atoms with Gasteiger partial charge in [0.15, 0.2) is 0 Å². The fourth-order valence-electron chi connectivity index (χ4n) is 3.06. The Bertz CT molecular complexity index is 813. The van der Waals surface area contributed by atoms with Crippen molar-refractivity contribution in [3.8, 4) is 0 Å². The molecule has 1 N–H and O–H groups in total. The summed E-state index contributed by atoms with van der Waals surface area (Å²) in [6.45, 7) is 0.723. The number of carbonyl (C=O) groups is 2. The minimum Gasteiger partial charge on any atom is -0.467 e. The Labute approximate surface area is 165 Å². The van der Waals surface area contributed by atoms with Crippen LogP contribution in [0.2, 0.25) is 0 Å². The van der Waals surface area contributed by atoms with E-state index < -0.39 is 0 Å². The molecule has 7 nitrogen and oxygen atoms in total. The SMILES string of the molecule is COCC(=O)N(Cc1ccco1)Cc1cc(NC(=O)C2CC2)ccc1N(C)C. The van der Waals surface area contributed by atoms with Crippen LogP contribution in [0, 0.1) is 5.92 Å². The van der Waals surface area contributed by atoms with Crippen LogP contribution in [0.5, 0.6) is 0 Å². The lowest BCUT2D eigenvalue weighted by molar-refractivity contribution is -0.136. The summed E-state index contributed by atoms with van der Waals surface area (Å²) in [4.78, 5) is 28.4. The van der Waals surface area contributed by atoms with Gasteiger partial charge in [-0.3, -0.25) is 9.59 Å². The van der Waals surface area contributed by atoms with Crippen molar-refractivity contribution in [3.05, 3.63) is 47.9 Å². The van der Waals surface area contributed by atoms with E-state index >= 15 is 0 Å². The van der Waals surface area contributed by atoms with Crippen molar-refractivity contribution in [1.82, 2.24) is 4.90 Å². The Balaban J connectivity index is 1.83. The lowest BCUT2D eigenvalue weighted by Gasteiger charge is -2.25. The molecule has 0 saturated heterocycles. The van der Waals surface area contributed by atoms with Crippen LogP contribution in [-0.4, -0.2) is 44.5 Å². The molecule has 1 fully saturated rings. The molecule has 1 heterocycles. The molecular weight excluding hydrogens is 358 g/mol. The summed E-state index contributed by atoms with van der Waals surface area (Å²) in [6, 6.07) is 9.43. The molecule has 2 amide bonds. The molecule has 0 bridgehead atoms. The highest BCUT2D eigenvalue weighted by molar-refractivity contribution is 5.94. The van der Waals surface area contributed by atoms with Crippen molar-refractivity contribution in [2.75, 3.05) is 38.0 Å². The first kappa shape index (κ1) is 19.9. The lowest BCUT2D eigenvalue weighted by atomic mass is 10.1. The van der Waals surface area contributed by atoms with Crippen LogP contribution in [-0.2, 0) is 27.4 Å². The number of ether oxygens (including phenoxy) is 1. The number of furan rings is 1. The third kappa shape index (κ3) is 5.13. The van der Waals surface area contributed by atoms with Gasteiger partial charge in [0.25, 0.3) is 0 Å². The smallest absolute Gasteiger partial charge is 0.249 e. The number of nitrogens with zero attached hydrogens (tertiary/aromatic N) is 2. The van der Waals surface area contributed by atoms with Gasteiger partial charge in [0.1, 0.15) is 12.4 Å². The van der Waals surface area contributed by atoms with E-state index in [4.69, 9.17) is 9.15 Å². The zero-order valence-corrected chi connectivity index (χ0v) is 16.6. The molecule has 28 heavy (non-hydrogen) atoms. The van der Waals surface area contributed by atoms with Gasteiger partial charge in [-0.2, -0.15) is 0 Å². The fourth-order valence-corrected chi connectivity index (χ4v) is 3.06. The molecule has 2 aromatic rings. The van der Waals surface area contributed by atoms with Crippen LogP contribution in [0.15, 0.2) is 41.0 Å². The number of anilines is 2. The summed E-state index contributed by atoms with van der Waals surface area (Å²) in [6.07, 6.45) is 3.50. The van der Waals surface area contributed by atoms with E-state index in [-0.39, 0.29) is 24.3 Å². The van der Waals surface area contributed by atoms with E-state index in [0.29, 0.717) is 18.8 Å². The molecule has 0 aliphatic heterocycles. The van der Waals surface area contributed by atoms with Gasteiger partial charge in [-0.1, -0.05) is 0 Å². The highest BCUT2D eigenvalue weighted by Crippen LogP contribution is 2.31. The van der Waals surface area contributed by atoms with Crippen LogP contribution in [0.4, 0.5) is 11.4 Å². The molecule has 3 rings (SSSR count). The predicted octanol–water partition coefficient (Wildman–Crippen LogP) is 2.87. The number of carbonyl (C=O) groups excluding carboxylic acids is 2. The van der Waals surface area contributed by atoms with E-state index in [1.165, 1.54) is 7.11 Å². The Hall–Kier alpha value is -2.80. The van der Waals surface area contributed by atoms with Crippen molar-refractivity contribution in [2.45, 2.75) is 25.9 Å². The van der Waals surface area contributed by atoms with Gasteiger partial charge in [0.05, 0.1) is 12.8 Å². The molecule has 1 saturated carbocycles. The van der Waals surface area contributed by atoms with Gasteiger partial charge >= 0.3 is 0 Å². The number of hydrogen-bond donors (Lipinski definition) is 1.